The Morgan fingerprint density at radius 1 is 0.527 bits per heavy atom. The molecule has 0 heterocycles. The molecule has 0 aliphatic heterocycles. The van der Waals surface area contributed by atoms with Crippen molar-refractivity contribution in [2.45, 2.75) is 50.9 Å². The van der Waals surface area contributed by atoms with Crippen LogP contribution < -0.4 is 9.47 Å². The maximum Gasteiger partial charge on any atom is 0.573 e. The highest BCUT2D eigenvalue weighted by molar-refractivity contribution is 7.89. The van der Waals surface area contributed by atoms with Gasteiger partial charge in [0.2, 0.25) is 0 Å². The Kier molecular flexibility index (Phi) is 10.6. The van der Waals surface area contributed by atoms with Crippen molar-refractivity contribution in [3.63, 3.8) is 0 Å². The lowest BCUT2D eigenvalue weighted by Gasteiger charge is -2.16. The van der Waals surface area contributed by atoms with Gasteiger partial charge in [-0.25, -0.2) is 26.0 Å². The van der Waals surface area contributed by atoms with E-state index in [-0.39, 0.29) is 33.4 Å². The lowest BCUT2D eigenvalue weighted by atomic mass is 9.93. The Morgan fingerprint density at radius 3 is 1.24 bits per heavy atom. The summed E-state index contributed by atoms with van der Waals surface area (Å²) in [6, 6.07) is 10.7. The molecular formula is C40H28F10O4S. The normalized spacial score (nSPS) is 14.8. The summed E-state index contributed by atoms with van der Waals surface area (Å²) in [7, 11) is -4.43. The molecule has 0 aromatic heterocycles. The number of aryl methyl sites for hydroxylation is 2. The predicted octanol–water partition coefficient (Wildman–Crippen LogP) is 11.5. The van der Waals surface area contributed by atoms with Gasteiger partial charge in [0.1, 0.15) is 34.8 Å². The number of alkyl halides is 6. The molecule has 4 aromatic rings. The molecule has 0 bridgehead atoms. The van der Waals surface area contributed by atoms with E-state index in [0.717, 1.165) is 24.3 Å². The maximum absolute atomic E-state index is 15.5. The molecule has 4 aromatic carbocycles. The van der Waals surface area contributed by atoms with Gasteiger partial charge in [0.15, 0.2) is 9.84 Å². The number of allylic oxidation sites excluding steroid dienone is 8. The first-order valence-electron chi connectivity index (χ1n) is 16.4. The number of halogens is 10. The summed E-state index contributed by atoms with van der Waals surface area (Å²) < 4.78 is 173. The van der Waals surface area contributed by atoms with E-state index in [2.05, 4.69) is 9.47 Å². The minimum Gasteiger partial charge on any atom is -0.406 e. The van der Waals surface area contributed by atoms with Gasteiger partial charge < -0.3 is 9.47 Å². The quantitative estimate of drug-likeness (QED) is 0.150. The number of rotatable bonds is 10. The zero-order valence-corrected chi connectivity index (χ0v) is 29.5. The molecule has 6 rings (SSSR count). The molecule has 0 amide bonds. The topological polar surface area (TPSA) is 52.6 Å². The fourth-order valence-electron chi connectivity index (χ4n) is 6.53. The van der Waals surface area contributed by atoms with Gasteiger partial charge in [-0.3, -0.25) is 0 Å². The van der Waals surface area contributed by atoms with Crippen LogP contribution in [0, 0.1) is 37.1 Å². The smallest absolute Gasteiger partial charge is 0.406 e. The van der Waals surface area contributed by atoms with Gasteiger partial charge in [0, 0.05) is 22.3 Å². The van der Waals surface area contributed by atoms with Crippen molar-refractivity contribution in [1.82, 2.24) is 0 Å². The van der Waals surface area contributed by atoms with Gasteiger partial charge in [-0.05, 0) is 120 Å². The van der Waals surface area contributed by atoms with Crippen molar-refractivity contribution in [1.29, 1.82) is 0 Å². The zero-order chi connectivity index (χ0) is 40.0. The second kappa shape index (κ2) is 14.7. The van der Waals surface area contributed by atoms with Gasteiger partial charge >= 0.3 is 12.7 Å². The van der Waals surface area contributed by atoms with Crippen LogP contribution in [0.1, 0.15) is 57.3 Å². The molecule has 0 saturated heterocycles. The molecule has 55 heavy (non-hydrogen) atoms. The van der Waals surface area contributed by atoms with E-state index in [1.807, 2.05) is 0 Å². The van der Waals surface area contributed by atoms with Crippen molar-refractivity contribution in [3.05, 3.63) is 153 Å². The summed E-state index contributed by atoms with van der Waals surface area (Å²) >= 11 is 0. The number of ether oxygens (including phenoxy) is 2. The van der Waals surface area contributed by atoms with Crippen LogP contribution in [0.3, 0.4) is 0 Å². The Hall–Kier alpha value is -5.31. The van der Waals surface area contributed by atoms with Gasteiger partial charge in [0.25, 0.3) is 0 Å². The average Bonchev–Trinajstić information content (AvgIpc) is 3.75. The molecule has 2 aliphatic carbocycles. The highest BCUT2D eigenvalue weighted by Gasteiger charge is 2.33. The lowest BCUT2D eigenvalue weighted by Crippen LogP contribution is -2.17. The first-order chi connectivity index (χ1) is 25.7. The summed E-state index contributed by atoms with van der Waals surface area (Å²) in [5, 5.41) is 0. The Labute approximate surface area is 308 Å². The van der Waals surface area contributed by atoms with E-state index in [4.69, 9.17) is 0 Å². The van der Waals surface area contributed by atoms with Crippen molar-refractivity contribution in [2.24, 2.45) is 0 Å². The minimum absolute atomic E-state index is 0.138. The number of sulfone groups is 1. The molecule has 15 heteroatoms. The SMILES string of the molecule is Cc1cc(C2=CCC=C2c2cc(F)c(CS(=O)(=O)Cc3cc(F)c(C4=CCC=C4c4ccc(OC(F)(F)F)c(C)c4)cc3F)cc2F)ccc1OC(F)(F)F. The predicted molar refractivity (Wildman–Crippen MR) is 186 cm³/mol. The molecule has 0 saturated carbocycles. The monoisotopic (exact) mass is 794 g/mol. The standard InChI is InChI=1S/C40H28F10O4S/c1-21-13-23(9-11-37(21)53-39(45,46)47)27-5-3-7-29(27)31-17-33(41)25(15-35(31)43)19-55(51,52)20-26-16-36(44)32(18-34(26)42)30-8-4-6-28(30)24-10-12-38(22(2)14-24)54-40(48,49)50/h5-18H,3-4,19-20H2,1-2H3. The van der Waals surface area contributed by atoms with Gasteiger partial charge in [-0.15, -0.1) is 26.3 Å². The lowest BCUT2D eigenvalue weighted by molar-refractivity contribution is -0.275. The molecule has 0 unspecified atom stereocenters. The van der Waals surface area contributed by atoms with Gasteiger partial charge in [-0.1, -0.05) is 36.4 Å². The van der Waals surface area contributed by atoms with Crippen LogP contribution in [0.5, 0.6) is 11.5 Å². The molecule has 0 spiro atoms. The van der Waals surface area contributed by atoms with E-state index in [1.54, 1.807) is 24.3 Å². The summed E-state index contributed by atoms with van der Waals surface area (Å²) in [4.78, 5) is 0. The summed E-state index contributed by atoms with van der Waals surface area (Å²) in [6.45, 7) is 2.78. The summed E-state index contributed by atoms with van der Waals surface area (Å²) in [6.07, 6.45) is -2.75. The van der Waals surface area contributed by atoms with E-state index in [9.17, 15) is 34.8 Å². The highest BCUT2D eigenvalue weighted by atomic mass is 32.2. The third-order valence-electron chi connectivity index (χ3n) is 8.89. The minimum atomic E-state index is -4.91. The van der Waals surface area contributed by atoms with Crippen LogP contribution in [-0.4, -0.2) is 21.1 Å². The molecule has 0 atom stereocenters. The van der Waals surface area contributed by atoms with Crippen molar-refractivity contribution in [2.75, 3.05) is 0 Å². The van der Waals surface area contributed by atoms with E-state index >= 15 is 17.6 Å². The first kappa shape index (κ1) is 39.4. The largest absolute Gasteiger partial charge is 0.573 e. The van der Waals surface area contributed by atoms with Crippen molar-refractivity contribution < 1.29 is 61.8 Å². The molecule has 4 nitrogen and oxygen atoms in total. The number of benzene rings is 4. The Bertz CT molecular complexity index is 2280. The van der Waals surface area contributed by atoms with Crippen LogP contribution in [-0.2, 0) is 21.3 Å². The molecule has 0 fully saturated rings. The van der Waals surface area contributed by atoms with E-state index < -0.39 is 80.0 Å². The fraction of sp³-hybridized carbons (Fsp3) is 0.200. The first-order valence-corrected chi connectivity index (χ1v) is 18.2. The van der Waals surface area contributed by atoms with Crippen LogP contribution in [0.2, 0.25) is 0 Å². The second-order valence-electron chi connectivity index (χ2n) is 12.9. The van der Waals surface area contributed by atoms with E-state index in [1.165, 1.54) is 38.1 Å². The molecule has 0 radical (unpaired) electrons. The Morgan fingerprint density at radius 2 is 0.891 bits per heavy atom. The van der Waals surface area contributed by atoms with Gasteiger partial charge in [0.05, 0.1) is 11.5 Å². The molecule has 288 valence electrons. The van der Waals surface area contributed by atoms with Gasteiger partial charge in [-0.2, -0.15) is 0 Å². The number of hydrogen-bond acceptors (Lipinski definition) is 4. The zero-order valence-electron chi connectivity index (χ0n) is 28.7. The Balaban J connectivity index is 1.18. The summed E-state index contributed by atoms with van der Waals surface area (Å²) in [5.74, 6) is -7.17. The van der Waals surface area contributed by atoms with Crippen LogP contribution in [0.15, 0.2) is 85.0 Å². The summed E-state index contributed by atoms with van der Waals surface area (Å²) in [5.41, 5.74) is 0.756. The third kappa shape index (κ3) is 8.98. The second-order valence-corrected chi connectivity index (χ2v) is 14.9. The molecule has 2 aliphatic rings. The van der Waals surface area contributed by atoms with Crippen molar-refractivity contribution >= 4 is 32.1 Å². The maximum atomic E-state index is 15.5. The number of hydrogen-bond donors (Lipinski definition) is 0. The van der Waals surface area contributed by atoms with Crippen LogP contribution in [0.4, 0.5) is 43.9 Å². The van der Waals surface area contributed by atoms with Crippen LogP contribution >= 0.6 is 0 Å². The average molecular weight is 795 g/mol. The van der Waals surface area contributed by atoms with Crippen LogP contribution in [0.25, 0.3) is 22.3 Å². The highest BCUT2D eigenvalue weighted by Crippen LogP contribution is 2.42. The third-order valence-corrected chi connectivity index (χ3v) is 10.4. The molecule has 0 N–H and O–H groups in total. The fourth-order valence-corrected chi connectivity index (χ4v) is 8.03. The van der Waals surface area contributed by atoms with E-state index in [0.29, 0.717) is 47.2 Å². The molecular weight excluding hydrogens is 766 g/mol. The van der Waals surface area contributed by atoms with Crippen molar-refractivity contribution in [3.8, 4) is 11.5 Å².